The fourth-order valence-electron chi connectivity index (χ4n) is 7.18. The molecule has 0 aromatic rings. The Kier molecular flexibility index (Phi) is 35.3. The summed E-state index contributed by atoms with van der Waals surface area (Å²) < 4.78 is 22.2. The van der Waals surface area contributed by atoms with E-state index in [4.69, 9.17) is 18.9 Å². The second kappa shape index (κ2) is 37.7. The van der Waals surface area contributed by atoms with E-state index in [2.05, 4.69) is 26.0 Å². The Morgan fingerprint density at radius 1 is 0.536 bits per heavy atom. The van der Waals surface area contributed by atoms with Gasteiger partial charge in [0.05, 0.1) is 13.2 Å². The lowest BCUT2D eigenvalue weighted by atomic mass is 9.99. The molecule has 0 aliphatic carbocycles. The van der Waals surface area contributed by atoms with Gasteiger partial charge in [0.2, 0.25) is 0 Å². The molecule has 0 spiro atoms. The maximum Gasteiger partial charge on any atom is 0.306 e. The number of aliphatic hydroxyl groups excluding tert-OH is 4. The van der Waals surface area contributed by atoms with Gasteiger partial charge in [0.1, 0.15) is 31.0 Å². The normalized spacial score (nSPS) is 20.4. The number of ether oxygens (including phenoxy) is 4. The summed E-state index contributed by atoms with van der Waals surface area (Å²) in [5, 5.41) is 40.1. The number of rotatable bonds is 39. The Labute approximate surface area is 341 Å². The second-order valence-corrected chi connectivity index (χ2v) is 16.2. The summed E-state index contributed by atoms with van der Waals surface area (Å²) in [5.74, 6) is -0.801. The van der Waals surface area contributed by atoms with Crippen molar-refractivity contribution in [1.29, 1.82) is 0 Å². The van der Waals surface area contributed by atoms with Crippen LogP contribution in [-0.4, -0.2) is 89.0 Å². The van der Waals surface area contributed by atoms with Crippen LogP contribution < -0.4 is 0 Å². The molecule has 10 heteroatoms. The predicted molar refractivity (Wildman–Crippen MR) is 224 cm³/mol. The zero-order valence-corrected chi connectivity index (χ0v) is 35.9. The summed E-state index contributed by atoms with van der Waals surface area (Å²) in [7, 11) is 0. The van der Waals surface area contributed by atoms with Crippen molar-refractivity contribution in [2.24, 2.45) is 0 Å². The summed E-state index contributed by atoms with van der Waals surface area (Å²) in [6.07, 6.45) is 32.1. The third-order valence-corrected chi connectivity index (χ3v) is 10.9. The van der Waals surface area contributed by atoms with Gasteiger partial charge in [0.25, 0.3) is 0 Å². The van der Waals surface area contributed by atoms with Gasteiger partial charge < -0.3 is 39.4 Å². The molecule has 0 aromatic heterocycles. The van der Waals surface area contributed by atoms with Gasteiger partial charge in [-0.3, -0.25) is 9.59 Å². The molecule has 0 saturated carbocycles. The molecule has 4 N–H and O–H groups in total. The number of hydrogen-bond donors (Lipinski definition) is 4. The predicted octanol–water partition coefficient (Wildman–Crippen LogP) is 9.95. The molecular weight excluding hydrogens is 712 g/mol. The zero-order valence-electron chi connectivity index (χ0n) is 35.9. The van der Waals surface area contributed by atoms with Crippen molar-refractivity contribution >= 4 is 11.9 Å². The van der Waals surface area contributed by atoms with Crippen LogP contribution in [0.1, 0.15) is 213 Å². The zero-order chi connectivity index (χ0) is 40.9. The van der Waals surface area contributed by atoms with Crippen molar-refractivity contribution in [3.05, 3.63) is 12.2 Å². The van der Waals surface area contributed by atoms with Crippen molar-refractivity contribution in [2.75, 3.05) is 19.8 Å². The molecule has 0 aromatic carbocycles. The minimum absolute atomic E-state index is 0.213. The Balaban J connectivity index is 2.30. The van der Waals surface area contributed by atoms with Crippen LogP contribution in [0.25, 0.3) is 0 Å². The molecule has 0 radical (unpaired) electrons. The first kappa shape index (κ1) is 52.5. The van der Waals surface area contributed by atoms with Crippen LogP contribution in [0.3, 0.4) is 0 Å². The maximum atomic E-state index is 12.8. The molecule has 1 fully saturated rings. The van der Waals surface area contributed by atoms with E-state index in [1.54, 1.807) is 0 Å². The van der Waals surface area contributed by atoms with Crippen molar-refractivity contribution in [2.45, 2.75) is 250 Å². The topological polar surface area (TPSA) is 152 Å². The van der Waals surface area contributed by atoms with Crippen LogP contribution in [0.2, 0.25) is 0 Å². The summed E-state index contributed by atoms with van der Waals surface area (Å²) >= 11 is 0. The minimum atomic E-state index is -1.59. The van der Waals surface area contributed by atoms with E-state index in [-0.39, 0.29) is 32.0 Å². The minimum Gasteiger partial charge on any atom is -0.462 e. The van der Waals surface area contributed by atoms with Gasteiger partial charge in [0.15, 0.2) is 12.4 Å². The molecule has 2 unspecified atom stereocenters. The number of unbranched alkanes of at least 4 members (excludes halogenated alkanes) is 26. The van der Waals surface area contributed by atoms with Crippen LogP contribution in [0.4, 0.5) is 0 Å². The van der Waals surface area contributed by atoms with E-state index in [0.29, 0.717) is 6.42 Å². The van der Waals surface area contributed by atoms with E-state index in [0.717, 1.165) is 44.9 Å². The van der Waals surface area contributed by atoms with E-state index in [1.807, 2.05) is 0 Å². The molecule has 1 aliphatic rings. The summed E-state index contributed by atoms with van der Waals surface area (Å²) in [4.78, 5) is 25.3. The Morgan fingerprint density at radius 3 is 1.41 bits per heavy atom. The molecule has 1 saturated heterocycles. The van der Waals surface area contributed by atoms with Gasteiger partial charge >= 0.3 is 11.9 Å². The number of carbonyl (C=O) groups excluding carboxylic acids is 2. The molecule has 56 heavy (non-hydrogen) atoms. The van der Waals surface area contributed by atoms with Gasteiger partial charge in [-0.1, -0.05) is 174 Å². The van der Waals surface area contributed by atoms with E-state index in [9.17, 15) is 30.0 Å². The summed E-state index contributed by atoms with van der Waals surface area (Å²) in [5.41, 5.74) is 0. The summed E-state index contributed by atoms with van der Waals surface area (Å²) in [6.45, 7) is 3.43. The van der Waals surface area contributed by atoms with E-state index in [1.165, 1.54) is 135 Å². The van der Waals surface area contributed by atoms with Crippen molar-refractivity contribution < 1.29 is 49.0 Å². The van der Waals surface area contributed by atoms with Gasteiger partial charge in [-0.2, -0.15) is 0 Å². The molecule has 0 amide bonds. The molecule has 1 aliphatic heterocycles. The highest BCUT2D eigenvalue weighted by Crippen LogP contribution is 2.23. The lowest BCUT2D eigenvalue weighted by Crippen LogP contribution is -2.59. The Hall–Kier alpha value is -1.56. The molecule has 6 atom stereocenters. The largest absolute Gasteiger partial charge is 0.462 e. The number of carbonyl (C=O) groups is 2. The average Bonchev–Trinajstić information content (AvgIpc) is 3.19. The highest BCUT2D eigenvalue weighted by Gasteiger charge is 2.44. The molecule has 0 bridgehead atoms. The molecule has 1 heterocycles. The highest BCUT2D eigenvalue weighted by molar-refractivity contribution is 5.70. The fourth-order valence-corrected chi connectivity index (χ4v) is 7.18. The standard InChI is InChI=1S/C46H86O10/c1-3-5-7-9-11-13-15-17-19-21-22-24-26-28-30-32-34-41(48)53-37-39(38-54-46-45(52)44(51)43(50)40(36-47)56-46)55-42(49)35-33-31-29-27-25-23-20-18-16-14-12-10-8-6-4-2/h14,16,39-40,43-47,50-52H,3-13,15,17-38H2,1-2H3/b16-14+/t39-,40-,43+,44?,45?,46-/m0/s1. The van der Waals surface area contributed by atoms with Gasteiger partial charge in [0, 0.05) is 12.8 Å². The first-order chi connectivity index (χ1) is 27.3. The molecular formula is C46H86O10. The maximum absolute atomic E-state index is 12.8. The van der Waals surface area contributed by atoms with Crippen LogP contribution in [-0.2, 0) is 28.5 Å². The Bertz CT molecular complexity index is 928. The van der Waals surface area contributed by atoms with E-state index >= 15 is 0 Å². The lowest BCUT2D eigenvalue weighted by molar-refractivity contribution is -0.305. The number of esters is 2. The van der Waals surface area contributed by atoms with Gasteiger partial charge in [-0.15, -0.1) is 0 Å². The van der Waals surface area contributed by atoms with E-state index < -0.39 is 49.4 Å². The quantitative estimate of drug-likeness (QED) is 0.0269. The molecule has 10 nitrogen and oxygen atoms in total. The fraction of sp³-hybridized carbons (Fsp3) is 0.913. The van der Waals surface area contributed by atoms with Gasteiger partial charge in [-0.25, -0.2) is 0 Å². The lowest BCUT2D eigenvalue weighted by Gasteiger charge is -2.39. The highest BCUT2D eigenvalue weighted by atomic mass is 16.7. The van der Waals surface area contributed by atoms with Crippen LogP contribution in [0, 0.1) is 0 Å². The number of hydrogen-bond acceptors (Lipinski definition) is 10. The van der Waals surface area contributed by atoms with Crippen LogP contribution in [0.15, 0.2) is 12.2 Å². The van der Waals surface area contributed by atoms with Gasteiger partial charge in [-0.05, 0) is 38.5 Å². The van der Waals surface area contributed by atoms with Crippen molar-refractivity contribution in [3.63, 3.8) is 0 Å². The molecule has 1 rings (SSSR count). The first-order valence-electron chi connectivity index (χ1n) is 23.3. The smallest absolute Gasteiger partial charge is 0.306 e. The van der Waals surface area contributed by atoms with Crippen molar-refractivity contribution in [3.8, 4) is 0 Å². The number of allylic oxidation sites excluding steroid dienone is 2. The Morgan fingerprint density at radius 2 is 0.946 bits per heavy atom. The van der Waals surface area contributed by atoms with Crippen molar-refractivity contribution in [1.82, 2.24) is 0 Å². The number of aliphatic hydroxyl groups is 4. The SMILES string of the molecule is CCCCCC/C=C/CCCCCCCCCC(=O)O[C@@H](COC(=O)CCCCCCCCCCCCCCCCCC)CO[C@H]1O[C@@H](CO)[C@@H](O)C(O)C1O. The monoisotopic (exact) mass is 799 g/mol. The first-order valence-corrected chi connectivity index (χ1v) is 23.3. The average molecular weight is 799 g/mol. The third kappa shape index (κ3) is 28.8. The van der Waals surface area contributed by atoms with Crippen LogP contribution >= 0.6 is 0 Å². The van der Waals surface area contributed by atoms with Crippen LogP contribution in [0.5, 0.6) is 0 Å². The third-order valence-electron chi connectivity index (χ3n) is 10.9. The second-order valence-electron chi connectivity index (χ2n) is 16.2. The summed E-state index contributed by atoms with van der Waals surface area (Å²) in [6, 6.07) is 0. The molecule has 330 valence electrons.